The molecule has 2 aromatic heterocycles. The maximum atomic E-state index is 13.6. The molecule has 8 nitrogen and oxygen atoms in total. The number of aromatic nitrogens is 4. The number of likely N-dealkylation sites (tertiary alicyclic amines) is 1. The van der Waals surface area contributed by atoms with Gasteiger partial charge in [0.1, 0.15) is 11.8 Å². The number of nitriles is 1. The Morgan fingerprint density at radius 3 is 2.58 bits per heavy atom. The van der Waals surface area contributed by atoms with E-state index in [1.165, 1.54) is 0 Å². The van der Waals surface area contributed by atoms with E-state index in [4.69, 9.17) is 5.26 Å². The number of anilines is 1. The molecule has 0 radical (unpaired) electrons. The molecule has 166 valence electrons. The highest BCUT2D eigenvalue weighted by atomic mass is 16.2. The molecule has 0 bridgehead atoms. The first-order chi connectivity index (χ1) is 16.2. The molecule has 1 aromatic carbocycles. The maximum absolute atomic E-state index is 13.6. The third-order valence-electron chi connectivity index (χ3n) is 6.71. The number of hydrogen-bond acceptors (Lipinski definition) is 7. The van der Waals surface area contributed by atoms with Gasteiger partial charge in [-0.15, -0.1) is 0 Å². The molecule has 5 rings (SSSR count). The fourth-order valence-corrected chi connectivity index (χ4v) is 4.94. The molecule has 0 N–H and O–H groups in total. The van der Waals surface area contributed by atoms with Crippen molar-refractivity contribution in [1.82, 2.24) is 24.8 Å². The van der Waals surface area contributed by atoms with Crippen LogP contribution in [0.25, 0.3) is 11.4 Å². The molecule has 2 saturated heterocycles. The fraction of sp³-hybridized carbons (Fsp3) is 0.360. The van der Waals surface area contributed by atoms with Gasteiger partial charge in [0.05, 0.1) is 5.41 Å². The van der Waals surface area contributed by atoms with Crippen molar-refractivity contribution in [3.63, 3.8) is 0 Å². The standard InChI is InChI=1S/C25H25N7O/c26-17-21-6-12-29-24(30-21)31-14-8-25(9-15-31)7-2-13-32(23(25)33)18-19-4-1-5-20(16-19)22-27-10-3-11-28-22/h1,3-6,10-12,16H,2,7-9,13-15,18H2. The zero-order valence-electron chi connectivity index (χ0n) is 18.4. The summed E-state index contributed by atoms with van der Waals surface area (Å²) >= 11 is 0. The zero-order chi connectivity index (χ0) is 22.7. The highest BCUT2D eigenvalue weighted by Gasteiger charge is 2.45. The second-order valence-electron chi connectivity index (χ2n) is 8.72. The van der Waals surface area contributed by atoms with E-state index >= 15 is 0 Å². The smallest absolute Gasteiger partial charge is 0.229 e. The lowest BCUT2D eigenvalue weighted by molar-refractivity contribution is -0.148. The van der Waals surface area contributed by atoms with Gasteiger partial charge in [0.15, 0.2) is 5.82 Å². The van der Waals surface area contributed by atoms with Crippen molar-refractivity contribution < 1.29 is 4.79 Å². The number of hydrogen-bond donors (Lipinski definition) is 0. The van der Waals surface area contributed by atoms with Gasteiger partial charge in [0.2, 0.25) is 11.9 Å². The molecule has 0 atom stereocenters. The summed E-state index contributed by atoms with van der Waals surface area (Å²) in [7, 11) is 0. The number of benzene rings is 1. The van der Waals surface area contributed by atoms with Gasteiger partial charge in [0.25, 0.3) is 0 Å². The minimum Gasteiger partial charge on any atom is -0.341 e. The maximum Gasteiger partial charge on any atom is 0.229 e. The summed E-state index contributed by atoms with van der Waals surface area (Å²) in [5.74, 6) is 1.52. The summed E-state index contributed by atoms with van der Waals surface area (Å²) in [4.78, 5) is 35.0. The number of amides is 1. The van der Waals surface area contributed by atoms with Crippen molar-refractivity contribution in [2.24, 2.45) is 5.41 Å². The van der Waals surface area contributed by atoms with Crippen LogP contribution in [0.4, 0.5) is 5.95 Å². The fourth-order valence-electron chi connectivity index (χ4n) is 4.94. The summed E-state index contributed by atoms with van der Waals surface area (Å²) in [5.41, 5.74) is 2.09. The molecule has 3 aromatic rings. The molecule has 2 aliphatic heterocycles. The first-order valence-corrected chi connectivity index (χ1v) is 11.3. The van der Waals surface area contributed by atoms with Crippen molar-refractivity contribution in [2.75, 3.05) is 24.5 Å². The molecular weight excluding hydrogens is 414 g/mol. The Morgan fingerprint density at radius 2 is 1.79 bits per heavy atom. The van der Waals surface area contributed by atoms with E-state index in [-0.39, 0.29) is 11.3 Å². The van der Waals surface area contributed by atoms with Crippen LogP contribution in [-0.2, 0) is 11.3 Å². The summed E-state index contributed by atoms with van der Waals surface area (Å²) < 4.78 is 0. The Bertz CT molecular complexity index is 1180. The van der Waals surface area contributed by atoms with Gasteiger partial charge in [-0.2, -0.15) is 5.26 Å². The number of piperidine rings is 2. The number of nitrogens with zero attached hydrogens (tertiary/aromatic N) is 7. The van der Waals surface area contributed by atoms with Crippen LogP contribution in [-0.4, -0.2) is 50.4 Å². The normalized spacial score (nSPS) is 17.7. The quantitative estimate of drug-likeness (QED) is 0.615. The average Bonchev–Trinajstić information content (AvgIpc) is 2.88. The van der Waals surface area contributed by atoms with Gasteiger partial charge in [0, 0.05) is 50.3 Å². The SMILES string of the molecule is N#Cc1ccnc(N2CCC3(CCCN(Cc4cccc(-c5ncccn5)c4)C3=O)CC2)n1. The predicted octanol–water partition coefficient (Wildman–Crippen LogP) is 3.21. The lowest BCUT2D eigenvalue weighted by Crippen LogP contribution is -2.53. The predicted molar refractivity (Wildman–Crippen MR) is 123 cm³/mol. The molecule has 0 saturated carbocycles. The van der Waals surface area contributed by atoms with E-state index in [0.29, 0.717) is 24.0 Å². The van der Waals surface area contributed by atoms with E-state index in [0.717, 1.165) is 56.4 Å². The topological polar surface area (TPSA) is 98.9 Å². The molecule has 0 unspecified atom stereocenters. The molecular formula is C25H25N7O. The van der Waals surface area contributed by atoms with Crippen molar-refractivity contribution >= 4 is 11.9 Å². The molecule has 33 heavy (non-hydrogen) atoms. The second-order valence-corrected chi connectivity index (χ2v) is 8.72. The van der Waals surface area contributed by atoms with Crippen LogP contribution < -0.4 is 4.90 Å². The molecule has 1 amide bonds. The van der Waals surface area contributed by atoms with E-state index in [1.807, 2.05) is 17.0 Å². The van der Waals surface area contributed by atoms with Gasteiger partial charge < -0.3 is 9.80 Å². The van der Waals surface area contributed by atoms with Gasteiger partial charge in [-0.1, -0.05) is 18.2 Å². The van der Waals surface area contributed by atoms with Gasteiger partial charge in [-0.25, -0.2) is 19.9 Å². The van der Waals surface area contributed by atoms with Gasteiger partial charge >= 0.3 is 0 Å². The van der Waals surface area contributed by atoms with Crippen LogP contribution in [0.3, 0.4) is 0 Å². The first kappa shape index (κ1) is 21.0. The van der Waals surface area contributed by atoms with E-state index in [2.05, 4.69) is 43.0 Å². The van der Waals surface area contributed by atoms with Crippen molar-refractivity contribution in [3.05, 3.63) is 66.2 Å². The monoisotopic (exact) mass is 439 g/mol. The van der Waals surface area contributed by atoms with E-state index in [1.54, 1.807) is 30.7 Å². The Balaban J connectivity index is 1.28. The van der Waals surface area contributed by atoms with Crippen LogP contribution in [0.1, 0.15) is 36.9 Å². The van der Waals surface area contributed by atoms with Crippen LogP contribution >= 0.6 is 0 Å². The lowest BCUT2D eigenvalue weighted by Gasteiger charge is -2.46. The van der Waals surface area contributed by atoms with Crippen LogP contribution in [0.2, 0.25) is 0 Å². The Kier molecular flexibility index (Phi) is 5.69. The van der Waals surface area contributed by atoms with Crippen molar-refractivity contribution in [3.8, 4) is 17.5 Å². The Hall–Kier alpha value is -3.86. The summed E-state index contributed by atoms with van der Waals surface area (Å²) in [6.07, 6.45) is 8.58. The summed E-state index contributed by atoms with van der Waals surface area (Å²) in [5, 5.41) is 9.11. The third-order valence-corrected chi connectivity index (χ3v) is 6.71. The van der Waals surface area contributed by atoms with Crippen molar-refractivity contribution in [2.45, 2.75) is 32.2 Å². The average molecular weight is 440 g/mol. The van der Waals surface area contributed by atoms with Gasteiger partial charge in [-0.3, -0.25) is 4.79 Å². The second kappa shape index (κ2) is 8.94. The van der Waals surface area contributed by atoms with Crippen molar-refractivity contribution in [1.29, 1.82) is 5.26 Å². The van der Waals surface area contributed by atoms with Crippen LogP contribution in [0.15, 0.2) is 55.0 Å². The highest BCUT2D eigenvalue weighted by Crippen LogP contribution is 2.42. The number of carbonyl (C=O) groups excluding carboxylic acids is 1. The summed E-state index contributed by atoms with van der Waals surface area (Å²) in [6.45, 7) is 2.81. The van der Waals surface area contributed by atoms with Crippen LogP contribution in [0, 0.1) is 16.7 Å². The molecule has 1 spiro atoms. The summed E-state index contributed by atoms with van der Waals surface area (Å²) in [6, 6.07) is 13.6. The van der Waals surface area contributed by atoms with E-state index in [9.17, 15) is 4.79 Å². The largest absolute Gasteiger partial charge is 0.341 e. The number of rotatable bonds is 4. The third kappa shape index (κ3) is 4.27. The zero-order valence-corrected chi connectivity index (χ0v) is 18.4. The molecule has 8 heteroatoms. The Labute approximate surface area is 193 Å². The minimum absolute atomic E-state index is 0.251. The molecule has 0 aliphatic carbocycles. The number of carbonyl (C=O) groups is 1. The molecule has 2 aliphatic rings. The first-order valence-electron chi connectivity index (χ1n) is 11.3. The lowest BCUT2D eigenvalue weighted by atomic mass is 9.71. The highest BCUT2D eigenvalue weighted by molar-refractivity contribution is 5.84. The van der Waals surface area contributed by atoms with E-state index < -0.39 is 0 Å². The van der Waals surface area contributed by atoms with Gasteiger partial charge in [-0.05, 0) is 49.4 Å². The van der Waals surface area contributed by atoms with Crippen LogP contribution in [0.5, 0.6) is 0 Å². The minimum atomic E-state index is -0.318. The molecule has 2 fully saturated rings. The Morgan fingerprint density at radius 1 is 0.970 bits per heavy atom. The molecule has 4 heterocycles.